The molecule has 0 heterocycles. The fourth-order valence-corrected chi connectivity index (χ4v) is 2.29. The molecule has 4 atom stereocenters. The first-order valence-corrected chi connectivity index (χ1v) is 9.99. The van der Waals surface area contributed by atoms with E-state index < -0.39 is 36.4 Å². The minimum absolute atomic E-state index is 0.218. The van der Waals surface area contributed by atoms with Gasteiger partial charge in [0.25, 0.3) is 0 Å². The van der Waals surface area contributed by atoms with Gasteiger partial charge in [-0.05, 0) is 49.5 Å². The van der Waals surface area contributed by atoms with Crippen LogP contribution in [-0.4, -0.2) is 92.2 Å². The van der Waals surface area contributed by atoms with Crippen molar-refractivity contribution in [2.24, 2.45) is 0 Å². The highest BCUT2D eigenvalue weighted by atomic mass is 16.4. The third-order valence-corrected chi connectivity index (χ3v) is 4.16. The molecule has 0 saturated heterocycles. The van der Waals surface area contributed by atoms with Gasteiger partial charge in [0.1, 0.15) is 11.5 Å². The molecule has 0 bridgehead atoms. The van der Waals surface area contributed by atoms with E-state index in [0.717, 1.165) is 11.1 Å². The molecule has 0 amide bonds. The number of aliphatic hydroxyl groups excluding tert-OH is 4. The Morgan fingerprint density at radius 2 is 0.912 bits per heavy atom. The summed E-state index contributed by atoms with van der Waals surface area (Å²) in [6, 6.07) is 13.1. The van der Waals surface area contributed by atoms with E-state index in [9.17, 15) is 19.8 Å². The lowest BCUT2D eigenvalue weighted by Gasteiger charge is -2.09. The molecule has 0 radical (unpaired) electrons. The van der Waals surface area contributed by atoms with Crippen molar-refractivity contribution in [1.82, 2.24) is 10.6 Å². The molecule has 190 valence electrons. The molecule has 10 N–H and O–H groups in total. The van der Waals surface area contributed by atoms with Crippen molar-refractivity contribution in [2.45, 2.75) is 24.4 Å². The van der Waals surface area contributed by atoms with Crippen LogP contribution in [0.4, 0.5) is 0 Å². The van der Waals surface area contributed by atoms with Crippen molar-refractivity contribution in [3.63, 3.8) is 0 Å². The minimum atomic E-state index is -2.27. The maximum atomic E-state index is 9.77. The van der Waals surface area contributed by atoms with E-state index in [-0.39, 0.29) is 11.5 Å². The van der Waals surface area contributed by atoms with Gasteiger partial charge in [-0.3, -0.25) is 0 Å². The predicted octanol–water partition coefficient (Wildman–Crippen LogP) is -0.833. The molecule has 0 aliphatic rings. The molecule has 2 aromatic rings. The molecule has 4 unspecified atom stereocenters. The summed E-state index contributed by atoms with van der Waals surface area (Å²) in [6.07, 6.45) is -5.54. The Hall–Kier alpha value is -3.26. The second kappa shape index (κ2) is 16.4. The van der Waals surface area contributed by atoms with E-state index in [2.05, 4.69) is 10.6 Å². The van der Waals surface area contributed by atoms with Crippen LogP contribution in [0.15, 0.2) is 48.5 Å². The summed E-state index contributed by atoms with van der Waals surface area (Å²) < 4.78 is 0. The number of aliphatic hydroxyl groups is 4. The molecule has 2 rings (SSSR count). The van der Waals surface area contributed by atoms with Crippen molar-refractivity contribution >= 4 is 11.9 Å². The van der Waals surface area contributed by atoms with Gasteiger partial charge in [0, 0.05) is 13.1 Å². The summed E-state index contributed by atoms with van der Waals surface area (Å²) in [4.78, 5) is 19.5. The van der Waals surface area contributed by atoms with Gasteiger partial charge < -0.3 is 51.5 Å². The quantitative estimate of drug-likeness (QED) is 0.211. The van der Waals surface area contributed by atoms with Crippen molar-refractivity contribution in [2.75, 3.05) is 27.2 Å². The van der Waals surface area contributed by atoms with E-state index >= 15 is 0 Å². The molecule has 12 heteroatoms. The number of hydrogen-bond donors (Lipinski definition) is 10. The molecule has 2 aromatic carbocycles. The predicted molar refractivity (Wildman–Crippen MR) is 121 cm³/mol. The number of likely N-dealkylation sites (N-methyl/N-ethyl adjacent to an activating group) is 2. The van der Waals surface area contributed by atoms with Crippen LogP contribution in [0.1, 0.15) is 23.3 Å². The van der Waals surface area contributed by atoms with E-state index in [1.54, 1.807) is 62.6 Å². The Morgan fingerprint density at radius 1 is 0.647 bits per heavy atom. The van der Waals surface area contributed by atoms with Gasteiger partial charge in [0.15, 0.2) is 12.2 Å². The number of rotatable bonds is 9. The first-order chi connectivity index (χ1) is 15.9. The molecular formula is C22H32N2O10. The number of nitrogens with one attached hydrogen (secondary N) is 2. The number of hydrogen-bond acceptors (Lipinski definition) is 10. The van der Waals surface area contributed by atoms with Crippen molar-refractivity contribution < 1.29 is 50.4 Å². The number of aromatic hydroxyl groups is 2. The van der Waals surface area contributed by atoms with E-state index in [1.165, 1.54) is 0 Å². The summed E-state index contributed by atoms with van der Waals surface area (Å²) in [7, 11) is 3.56. The van der Waals surface area contributed by atoms with Crippen LogP contribution in [0.2, 0.25) is 0 Å². The van der Waals surface area contributed by atoms with Crippen LogP contribution in [0.3, 0.4) is 0 Å². The Bertz CT molecular complexity index is 774. The maximum Gasteiger partial charge on any atom is 0.335 e. The molecule has 34 heavy (non-hydrogen) atoms. The summed E-state index contributed by atoms with van der Waals surface area (Å²) in [5.41, 5.74) is 1.62. The van der Waals surface area contributed by atoms with Crippen LogP contribution in [-0.2, 0) is 9.59 Å². The van der Waals surface area contributed by atoms with E-state index in [4.69, 9.17) is 30.6 Å². The molecule has 0 spiro atoms. The van der Waals surface area contributed by atoms with Crippen molar-refractivity contribution in [1.29, 1.82) is 0 Å². The number of phenolic OH excluding ortho intramolecular Hbond substituents is 2. The highest BCUT2D eigenvalue weighted by molar-refractivity contribution is 5.83. The molecule has 0 aromatic heterocycles. The maximum absolute atomic E-state index is 9.77. The van der Waals surface area contributed by atoms with Crippen molar-refractivity contribution in [3.8, 4) is 11.5 Å². The van der Waals surface area contributed by atoms with Crippen molar-refractivity contribution in [3.05, 3.63) is 59.7 Å². The normalized spacial score (nSPS) is 13.7. The number of carboxylic acids is 2. The van der Waals surface area contributed by atoms with Crippen LogP contribution in [0.25, 0.3) is 0 Å². The van der Waals surface area contributed by atoms with E-state index in [0.29, 0.717) is 13.1 Å². The van der Waals surface area contributed by atoms with Crippen LogP contribution >= 0.6 is 0 Å². The average molecular weight is 485 g/mol. The number of carbonyl (C=O) groups is 2. The molecule has 12 nitrogen and oxygen atoms in total. The van der Waals surface area contributed by atoms with Gasteiger partial charge >= 0.3 is 11.9 Å². The third-order valence-electron chi connectivity index (χ3n) is 4.16. The molecular weight excluding hydrogens is 452 g/mol. The lowest BCUT2D eigenvalue weighted by atomic mass is 10.1. The van der Waals surface area contributed by atoms with Gasteiger partial charge in [-0.2, -0.15) is 0 Å². The molecule has 0 saturated carbocycles. The highest BCUT2D eigenvalue weighted by Crippen LogP contribution is 2.16. The Kier molecular flexibility index (Phi) is 14.8. The van der Waals surface area contributed by atoms with Gasteiger partial charge in [-0.25, -0.2) is 9.59 Å². The third kappa shape index (κ3) is 12.1. The monoisotopic (exact) mass is 484 g/mol. The molecule has 0 fully saturated rings. The second-order valence-electron chi connectivity index (χ2n) is 6.90. The highest BCUT2D eigenvalue weighted by Gasteiger charge is 2.29. The lowest BCUT2D eigenvalue weighted by Crippen LogP contribution is -2.39. The summed E-state index contributed by atoms with van der Waals surface area (Å²) in [5.74, 6) is -3.10. The Balaban J connectivity index is 0.000000484. The number of phenols is 2. The number of aliphatic carboxylic acids is 2. The first-order valence-electron chi connectivity index (χ1n) is 9.99. The van der Waals surface area contributed by atoms with Gasteiger partial charge in [0.2, 0.25) is 0 Å². The summed E-state index contributed by atoms with van der Waals surface area (Å²) in [5, 5.41) is 75.1. The van der Waals surface area contributed by atoms with E-state index in [1.807, 2.05) is 0 Å². The molecule has 0 aliphatic heterocycles. The summed E-state index contributed by atoms with van der Waals surface area (Å²) in [6.45, 7) is 1.04. The van der Waals surface area contributed by atoms with Crippen LogP contribution < -0.4 is 10.6 Å². The minimum Gasteiger partial charge on any atom is -0.508 e. The zero-order chi connectivity index (χ0) is 26.3. The zero-order valence-corrected chi connectivity index (χ0v) is 18.7. The smallest absolute Gasteiger partial charge is 0.335 e. The Morgan fingerprint density at radius 3 is 1.12 bits per heavy atom. The fourth-order valence-electron chi connectivity index (χ4n) is 2.29. The fraction of sp³-hybridized carbons (Fsp3) is 0.364. The first kappa shape index (κ1) is 30.7. The van der Waals surface area contributed by atoms with Gasteiger partial charge in [-0.1, -0.05) is 24.3 Å². The largest absolute Gasteiger partial charge is 0.508 e. The standard InChI is InChI=1S/2C9H13NO2.C4H6O6/c2*1-10-6-9(12)7-2-4-8(11)5-3-7;5-1(3(7)8)2(6)4(9)10/h2*2-5,9-12H,6H2,1H3;1-2,5-6H,(H,7,8)(H,9,10). The lowest BCUT2D eigenvalue weighted by molar-refractivity contribution is -0.165. The zero-order valence-electron chi connectivity index (χ0n) is 18.7. The van der Waals surface area contributed by atoms with Crippen LogP contribution in [0, 0.1) is 0 Å². The van der Waals surface area contributed by atoms with Gasteiger partial charge in [-0.15, -0.1) is 0 Å². The number of carboxylic acid groups (broad SMARTS) is 2. The topological polar surface area (TPSA) is 220 Å². The van der Waals surface area contributed by atoms with Gasteiger partial charge in [0.05, 0.1) is 12.2 Å². The molecule has 0 aliphatic carbocycles. The SMILES string of the molecule is CNCC(O)c1ccc(O)cc1.CNCC(O)c1ccc(O)cc1.O=C(O)C(O)C(O)C(=O)O. The Labute approximate surface area is 196 Å². The number of benzene rings is 2. The average Bonchev–Trinajstić information content (AvgIpc) is 2.80. The second-order valence-corrected chi connectivity index (χ2v) is 6.90. The van der Waals surface area contributed by atoms with Crippen LogP contribution in [0.5, 0.6) is 11.5 Å². The summed E-state index contributed by atoms with van der Waals surface area (Å²) >= 11 is 0.